The SMILES string of the molecule is CC1CCC(C(C)(C)c2ccc(C(F)(F)F)cc2)C(O)C1. The van der Waals surface area contributed by atoms with E-state index in [0.29, 0.717) is 5.92 Å². The van der Waals surface area contributed by atoms with Crippen LogP contribution in [0.15, 0.2) is 24.3 Å². The molecule has 0 bridgehead atoms. The van der Waals surface area contributed by atoms with Gasteiger partial charge in [-0.05, 0) is 47.8 Å². The molecule has 1 N–H and O–H groups in total. The van der Waals surface area contributed by atoms with Crippen molar-refractivity contribution in [2.75, 3.05) is 0 Å². The molecule has 0 saturated heterocycles. The fourth-order valence-electron chi connectivity index (χ4n) is 3.50. The van der Waals surface area contributed by atoms with Crippen molar-refractivity contribution in [2.24, 2.45) is 11.8 Å². The van der Waals surface area contributed by atoms with Crippen LogP contribution in [0.25, 0.3) is 0 Å². The third kappa shape index (κ3) is 3.42. The molecule has 1 nitrogen and oxygen atoms in total. The van der Waals surface area contributed by atoms with Crippen molar-refractivity contribution in [3.63, 3.8) is 0 Å². The van der Waals surface area contributed by atoms with E-state index in [1.54, 1.807) is 12.1 Å². The number of hydrogen-bond donors (Lipinski definition) is 1. The zero-order chi connectivity index (χ0) is 15.8. The quantitative estimate of drug-likeness (QED) is 0.833. The van der Waals surface area contributed by atoms with Gasteiger partial charge in [-0.25, -0.2) is 0 Å². The normalized spacial score (nSPS) is 27.7. The molecule has 0 amide bonds. The maximum Gasteiger partial charge on any atom is 0.416 e. The summed E-state index contributed by atoms with van der Waals surface area (Å²) < 4.78 is 37.9. The van der Waals surface area contributed by atoms with Gasteiger partial charge in [-0.1, -0.05) is 39.3 Å². The van der Waals surface area contributed by atoms with Crippen LogP contribution in [-0.2, 0) is 11.6 Å². The van der Waals surface area contributed by atoms with Crippen LogP contribution in [0, 0.1) is 11.8 Å². The topological polar surface area (TPSA) is 20.2 Å². The lowest BCUT2D eigenvalue weighted by molar-refractivity contribution is -0.137. The predicted octanol–water partition coefficient (Wildman–Crippen LogP) is 4.78. The molecular formula is C17H23F3O. The third-order valence-corrected chi connectivity index (χ3v) is 4.96. The molecule has 3 unspecified atom stereocenters. The minimum atomic E-state index is -4.30. The van der Waals surface area contributed by atoms with Gasteiger partial charge in [0.15, 0.2) is 0 Å². The average molecular weight is 300 g/mol. The van der Waals surface area contributed by atoms with E-state index in [4.69, 9.17) is 0 Å². The summed E-state index contributed by atoms with van der Waals surface area (Å²) in [5.41, 5.74) is -0.0992. The summed E-state index contributed by atoms with van der Waals surface area (Å²) in [7, 11) is 0. The summed E-state index contributed by atoms with van der Waals surface area (Å²) in [6, 6.07) is 5.37. The first-order valence-electron chi connectivity index (χ1n) is 7.48. The molecule has 0 aromatic heterocycles. The number of aliphatic hydroxyl groups is 1. The first kappa shape index (κ1) is 16.3. The van der Waals surface area contributed by atoms with E-state index in [1.807, 2.05) is 13.8 Å². The summed E-state index contributed by atoms with van der Waals surface area (Å²) in [6.45, 7) is 6.16. The Morgan fingerprint density at radius 3 is 2.00 bits per heavy atom. The molecule has 0 radical (unpaired) electrons. The minimum absolute atomic E-state index is 0.0884. The smallest absolute Gasteiger partial charge is 0.393 e. The van der Waals surface area contributed by atoms with Gasteiger partial charge in [-0.15, -0.1) is 0 Å². The molecule has 0 heterocycles. The highest BCUT2D eigenvalue weighted by Gasteiger charge is 2.39. The van der Waals surface area contributed by atoms with Gasteiger partial charge < -0.3 is 5.11 Å². The Balaban J connectivity index is 2.23. The van der Waals surface area contributed by atoms with Gasteiger partial charge >= 0.3 is 6.18 Å². The molecule has 4 heteroatoms. The largest absolute Gasteiger partial charge is 0.416 e. The highest BCUT2D eigenvalue weighted by atomic mass is 19.4. The second-order valence-electron chi connectivity index (χ2n) is 6.89. The summed E-state index contributed by atoms with van der Waals surface area (Å²) in [4.78, 5) is 0. The van der Waals surface area contributed by atoms with E-state index in [-0.39, 0.29) is 17.4 Å². The monoisotopic (exact) mass is 300 g/mol. The molecule has 1 fully saturated rings. The Morgan fingerprint density at radius 2 is 1.52 bits per heavy atom. The highest BCUT2D eigenvalue weighted by molar-refractivity contribution is 5.30. The zero-order valence-corrected chi connectivity index (χ0v) is 12.7. The molecule has 2 rings (SSSR count). The van der Waals surface area contributed by atoms with Crippen molar-refractivity contribution < 1.29 is 18.3 Å². The van der Waals surface area contributed by atoms with Gasteiger partial charge in [0.25, 0.3) is 0 Å². The molecule has 0 aliphatic heterocycles. The third-order valence-electron chi connectivity index (χ3n) is 4.96. The van der Waals surface area contributed by atoms with Crippen molar-refractivity contribution in [3.8, 4) is 0 Å². The molecule has 1 aromatic rings. The molecule has 1 aliphatic carbocycles. The Morgan fingerprint density at radius 1 is 1.00 bits per heavy atom. The number of halogens is 3. The van der Waals surface area contributed by atoms with Crippen molar-refractivity contribution in [3.05, 3.63) is 35.4 Å². The Labute approximate surface area is 124 Å². The maximum atomic E-state index is 12.6. The minimum Gasteiger partial charge on any atom is -0.393 e. The van der Waals surface area contributed by atoms with E-state index in [1.165, 1.54) is 0 Å². The molecule has 1 aliphatic rings. The van der Waals surface area contributed by atoms with Crippen LogP contribution in [0.5, 0.6) is 0 Å². The Kier molecular flexibility index (Phi) is 4.39. The lowest BCUT2D eigenvalue weighted by Gasteiger charge is -2.42. The number of alkyl halides is 3. The lowest BCUT2D eigenvalue weighted by Crippen LogP contribution is -2.41. The van der Waals surface area contributed by atoms with Gasteiger partial charge in [-0.3, -0.25) is 0 Å². The van der Waals surface area contributed by atoms with Crippen LogP contribution in [0.3, 0.4) is 0 Å². The highest BCUT2D eigenvalue weighted by Crippen LogP contribution is 2.43. The number of hydrogen-bond acceptors (Lipinski definition) is 1. The average Bonchev–Trinajstić information content (AvgIpc) is 2.37. The van der Waals surface area contributed by atoms with Gasteiger partial charge in [0.2, 0.25) is 0 Å². The van der Waals surface area contributed by atoms with Gasteiger partial charge in [-0.2, -0.15) is 13.2 Å². The molecule has 3 atom stereocenters. The van der Waals surface area contributed by atoms with E-state index in [2.05, 4.69) is 6.92 Å². The number of benzene rings is 1. The Hall–Kier alpha value is -1.03. The second kappa shape index (κ2) is 5.64. The molecular weight excluding hydrogens is 277 g/mol. The van der Waals surface area contributed by atoms with Crippen LogP contribution in [0.1, 0.15) is 51.2 Å². The molecule has 1 aromatic carbocycles. The van der Waals surface area contributed by atoms with Crippen LogP contribution in [0.4, 0.5) is 13.2 Å². The second-order valence-corrected chi connectivity index (χ2v) is 6.89. The molecule has 118 valence electrons. The fraction of sp³-hybridized carbons (Fsp3) is 0.647. The van der Waals surface area contributed by atoms with Crippen molar-refractivity contribution in [1.29, 1.82) is 0 Å². The van der Waals surface area contributed by atoms with Crippen molar-refractivity contribution in [1.82, 2.24) is 0 Å². The standard InChI is InChI=1S/C17H23F3O/c1-11-4-9-14(15(21)10-11)16(2,3)12-5-7-13(8-6-12)17(18,19)20/h5-8,11,14-15,21H,4,9-10H2,1-3H3. The number of rotatable bonds is 2. The fourth-order valence-corrected chi connectivity index (χ4v) is 3.50. The summed E-state index contributed by atoms with van der Waals surface area (Å²) in [6.07, 6.45) is -1.94. The van der Waals surface area contributed by atoms with E-state index < -0.39 is 11.7 Å². The van der Waals surface area contributed by atoms with Crippen molar-refractivity contribution in [2.45, 2.75) is 57.7 Å². The maximum absolute atomic E-state index is 12.6. The van der Waals surface area contributed by atoms with E-state index in [9.17, 15) is 18.3 Å². The van der Waals surface area contributed by atoms with Gasteiger partial charge in [0, 0.05) is 0 Å². The summed E-state index contributed by atoms with van der Waals surface area (Å²) >= 11 is 0. The number of aliphatic hydroxyl groups excluding tert-OH is 1. The molecule has 1 saturated carbocycles. The lowest BCUT2D eigenvalue weighted by atomic mass is 9.64. The Bertz CT molecular complexity index is 476. The molecule has 21 heavy (non-hydrogen) atoms. The van der Waals surface area contributed by atoms with Crippen LogP contribution < -0.4 is 0 Å². The first-order chi connectivity index (χ1) is 9.62. The summed E-state index contributed by atoms with van der Waals surface area (Å²) in [5, 5.41) is 10.3. The predicted molar refractivity (Wildman–Crippen MR) is 77.0 cm³/mol. The van der Waals surface area contributed by atoms with Crippen LogP contribution >= 0.6 is 0 Å². The summed E-state index contributed by atoms with van der Waals surface area (Å²) in [5.74, 6) is 0.602. The zero-order valence-electron chi connectivity index (χ0n) is 12.7. The first-order valence-corrected chi connectivity index (χ1v) is 7.48. The van der Waals surface area contributed by atoms with Crippen molar-refractivity contribution >= 4 is 0 Å². The van der Waals surface area contributed by atoms with E-state index >= 15 is 0 Å². The van der Waals surface area contributed by atoms with Gasteiger partial charge in [0.05, 0.1) is 11.7 Å². The van der Waals surface area contributed by atoms with Crippen LogP contribution in [0.2, 0.25) is 0 Å². The van der Waals surface area contributed by atoms with Crippen LogP contribution in [-0.4, -0.2) is 11.2 Å². The van der Waals surface area contributed by atoms with E-state index in [0.717, 1.165) is 37.0 Å². The van der Waals surface area contributed by atoms with Gasteiger partial charge in [0.1, 0.15) is 0 Å². The molecule has 0 spiro atoms.